The number of aliphatic hydroxyl groups is 1. The molecule has 0 saturated heterocycles. The molecule has 1 atom stereocenters. The maximum Gasteiger partial charge on any atom is 0.407 e. The molecule has 0 fully saturated rings. The van der Waals surface area contributed by atoms with E-state index in [2.05, 4.69) is 15.6 Å². The first-order chi connectivity index (χ1) is 24.4. The molecular weight excluding hydrogens is 708 g/mol. The summed E-state index contributed by atoms with van der Waals surface area (Å²) in [5.41, 5.74) is 5.62. The summed E-state index contributed by atoms with van der Waals surface area (Å²) in [6.45, 7) is 1.79. The first-order valence-corrected chi connectivity index (χ1v) is 18.4. The van der Waals surface area contributed by atoms with Crippen LogP contribution in [0.25, 0.3) is 22.3 Å². The van der Waals surface area contributed by atoms with Crippen molar-refractivity contribution in [3.63, 3.8) is 0 Å². The van der Waals surface area contributed by atoms with Gasteiger partial charge >= 0.3 is 12.1 Å². The third kappa shape index (κ3) is 7.02. The standard InChI is InChI=1S/C33H33FN6O9S2/c1-2-33(47)21-12-25-29-19(15-40(25)30(44)20(21)16-49-31(33)45)18(17-11-23(35)22(34)13-24(17)38-29)14-37-32(46)48-8-10-51-50-9-6-36-26(41)5-7-39-27(42)3-4-28(39)43/h3-4,11-13,47H,2,5-10,14-16,35H2,1H3,(H,36,41)(H,37,46)/t33-/m0/s1. The lowest BCUT2D eigenvalue weighted by Crippen LogP contribution is -2.44. The number of imide groups is 1. The molecule has 0 saturated carbocycles. The molecule has 3 aliphatic rings. The van der Waals surface area contributed by atoms with E-state index in [1.165, 1.54) is 50.4 Å². The summed E-state index contributed by atoms with van der Waals surface area (Å²) in [6.07, 6.45) is 1.61. The van der Waals surface area contributed by atoms with Gasteiger partial charge in [0.15, 0.2) is 5.60 Å². The van der Waals surface area contributed by atoms with Crippen molar-refractivity contribution in [2.45, 2.75) is 45.1 Å². The van der Waals surface area contributed by atoms with Gasteiger partial charge in [-0.05, 0) is 24.1 Å². The van der Waals surface area contributed by atoms with Crippen LogP contribution in [0.2, 0.25) is 0 Å². The van der Waals surface area contributed by atoms with E-state index in [-0.39, 0.29) is 73.9 Å². The normalized spacial score (nSPS) is 17.3. The number of pyridine rings is 2. The number of rotatable bonds is 13. The van der Waals surface area contributed by atoms with E-state index in [0.29, 0.717) is 46.0 Å². The Kier molecular flexibility index (Phi) is 10.4. The number of nitrogens with zero attached hydrogens (tertiary/aromatic N) is 3. The Morgan fingerprint density at radius 3 is 2.59 bits per heavy atom. The summed E-state index contributed by atoms with van der Waals surface area (Å²) in [6, 6.07) is 4.14. The number of alkyl carbamates (subject to hydrolysis) is 1. The highest BCUT2D eigenvalue weighted by Crippen LogP contribution is 2.40. The third-order valence-electron chi connectivity index (χ3n) is 8.79. The van der Waals surface area contributed by atoms with Crippen LogP contribution in [0, 0.1) is 5.82 Å². The van der Waals surface area contributed by atoms with Crippen molar-refractivity contribution in [1.29, 1.82) is 0 Å². The molecule has 5 heterocycles. The van der Waals surface area contributed by atoms with Gasteiger partial charge in [0.05, 0.1) is 34.7 Å². The van der Waals surface area contributed by atoms with Crippen LogP contribution in [-0.2, 0) is 53.9 Å². The van der Waals surface area contributed by atoms with Gasteiger partial charge in [-0.1, -0.05) is 28.5 Å². The average Bonchev–Trinajstić information content (AvgIpc) is 3.64. The van der Waals surface area contributed by atoms with Gasteiger partial charge < -0.3 is 35.5 Å². The van der Waals surface area contributed by atoms with Gasteiger partial charge in [0.25, 0.3) is 17.4 Å². The quantitative estimate of drug-likeness (QED) is 0.0507. The Hall–Kier alpha value is -4.94. The smallest absolute Gasteiger partial charge is 0.407 e. The molecule has 5 N–H and O–H groups in total. The highest BCUT2D eigenvalue weighted by molar-refractivity contribution is 8.76. The Balaban J connectivity index is 1.05. The van der Waals surface area contributed by atoms with Crippen LogP contribution >= 0.6 is 21.6 Å². The monoisotopic (exact) mass is 740 g/mol. The van der Waals surface area contributed by atoms with Gasteiger partial charge in [0.2, 0.25) is 5.91 Å². The van der Waals surface area contributed by atoms with Crippen molar-refractivity contribution in [3.05, 3.63) is 68.8 Å². The van der Waals surface area contributed by atoms with Crippen LogP contribution in [0.5, 0.6) is 0 Å². The van der Waals surface area contributed by atoms with Crippen LogP contribution < -0.4 is 21.9 Å². The lowest BCUT2D eigenvalue weighted by Gasteiger charge is -2.31. The molecule has 0 unspecified atom stereocenters. The van der Waals surface area contributed by atoms with Gasteiger partial charge in [-0.25, -0.2) is 19.0 Å². The first-order valence-electron chi connectivity index (χ1n) is 16.0. The number of carbonyl (C=O) groups is 5. The molecule has 268 valence electrons. The highest BCUT2D eigenvalue weighted by atomic mass is 33.1. The van der Waals surface area contributed by atoms with Crippen molar-refractivity contribution < 1.29 is 42.9 Å². The number of hydrogen-bond donors (Lipinski definition) is 4. The zero-order chi connectivity index (χ0) is 36.4. The van der Waals surface area contributed by atoms with Crippen molar-refractivity contribution >= 4 is 68.0 Å². The molecule has 51 heavy (non-hydrogen) atoms. The lowest BCUT2D eigenvalue weighted by atomic mass is 9.86. The molecule has 0 bridgehead atoms. The van der Waals surface area contributed by atoms with Crippen LogP contribution in [-0.4, -0.2) is 80.5 Å². The van der Waals surface area contributed by atoms with Crippen LogP contribution in [0.3, 0.4) is 0 Å². The van der Waals surface area contributed by atoms with Crippen molar-refractivity contribution in [2.75, 3.05) is 36.9 Å². The minimum absolute atomic E-state index is 0.0104. The average molecular weight is 741 g/mol. The van der Waals surface area contributed by atoms with E-state index >= 15 is 0 Å². The molecule has 0 spiro atoms. The number of benzene rings is 1. The predicted octanol–water partition coefficient (Wildman–Crippen LogP) is 1.84. The van der Waals surface area contributed by atoms with E-state index in [9.17, 15) is 38.3 Å². The zero-order valence-electron chi connectivity index (χ0n) is 27.3. The van der Waals surface area contributed by atoms with Gasteiger partial charge in [0.1, 0.15) is 19.0 Å². The number of halogens is 1. The number of esters is 1. The van der Waals surface area contributed by atoms with E-state index in [1.54, 1.807) is 13.0 Å². The number of fused-ring (bicyclic) bond motifs is 5. The molecule has 2 aromatic heterocycles. The van der Waals surface area contributed by atoms with E-state index < -0.39 is 40.9 Å². The second-order valence-electron chi connectivity index (χ2n) is 11.8. The molecule has 3 aliphatic heterocycles. The number of ether oxygens (including phenoxy) is 2. The van der Waals surface area contributed by atoms with Gasteiger partial charge in [0, 0.05) is 72.3 Å². The molecular formula is C33H33FN6O9S2. The van der Waals surface area contributed by atoms with Crippen molar-refractivity contribution in [3.8, 4) is 11.4 Å². The number of cyclic esters (lactones) is 1. The fourth-order valence-electron chi connectivity index (χ4n) is 6.09. The SMILES string of the molecule is CC[C@@]1(O)C(=O)OCc2c1cc1n(c2=O)Cc2c-1nc1cc(F)c(N)cc1c2CNC(=O)OCCSSCCNC(=O)CCN1C(=O)C=CC1=O. The Bertz CT molecular complexity index is 2050. The van der Waals surface area contributed by atoms with Crippen LogP contribution in [0.4, 0.5) is 14.9 Å². The molecule has 1 aromatic carbocycles. The topological polar surface area (TPSA) is 212 Å². The third-order valence-corrected chi connectivity index (χ3v) is 11.2. The second kappa shape index (κ2) is 14.7. The molecule has 0 radical (unpaired) electrons. The Morgan fingerprint density at radius 1 is 1.10 bits per heavy atom. The Labute approximate surface area is 297 Å². The minimum Gasteiger partial charge on any atom is -0.458 e. The predicted molar refractivity (Wildman–Crippen MR) is 185 cm³/mol. The number of hydrogen-bond acceptors (Lipinski definition) is 13. The van der Waals surface area contributed by atoms with E-state index in [4.69, 9.17) is 15.2 Å². The molecule has 6 rings (SSSR count). The highest BCUT2D eigenvalue weighted by Gasteiger charge is 2.45. The summed E-state index contributed by atoms with van der Waals surface area (Å²) >= 11 is 0. The van der Waals surface area contributed by atoms with Gasteiger partial charge in [-0.3, -0.25) is 24.1 Å². The largest absolute Gasteiger partial charge is 0.458 e. The van der Waals surface area contributed by atoms with Crippen molar-refractivity contribution in [1.82, 2.24) is 25.1 Å². The molecule has 15 nitrogen and oxygen atoms in total. The van der Waals surface area contributed by atoms with Gasteiger partial charge in [-0.2, -0.15) is 0 Å². The minimum atomic E-state index is -2.01. The fraction of sp³-hybridized carbons (Fsp3) is 0.364. The molecule has 0 aliphatic carbocycles. The number of aromatic nitrogens is 2. The number of nitrogen functional groups attached to an aromatic ring is 1. The summed E-state index contributed by atoms with van der Waals surface area (Å²) < 4.78 is 26.5. The maximum absolute atomic E-state index is 14.6. The lowest BCUT2D eigenvalue weighted by molar-refractivity contribution is -0.172. The summed E-state index contributed by atoms with van der Waals surface area (Å²) in [5, 5.41) is 17.1. The van der Waals surface area contributed by atoms with Gasteiger partial charge in [-0.15, -0.1) is 0 Å². The number of amides is 4. The molecule has 3 aromatic rings. The first kappa shape index (κ1) is 35.9. The summed E-state index contributed by atoms with van der Waals surface area (Å²) in [5.74, 6) is -1.66. The Morgan fingerprint density at radius 2 is 1.84 bits per heavy atom. The van der Waals surface area contributed by atoms with Crippen LogP contribution in [0.1, 0.15) is 42.0 Å². The number of carbonyl (C=O) groups excluding carboxylic acids is 5. The number of nitrogens with two attached hydrogens (primary N) is 1. The van der Waals surface area contributed by atoms with Crippen molar-refractivity contribution in [2.24, 2.45) is 0 Å². The summed E-state index contributed by atoms with van der Waals surface area (Å²) in [7, 11) is 2.91. The molecule has 18 heteroatoms. The number of nitrogens with one attached hydrogen (secondary N) is 2. The maximum atomic E-state index is 14.6. The second-order valence-corrected chi connectivity index (χ2v) is 14.5. The molecule has 4 amide bonds. The fourth-order valence-corrected chi connectivity index (χ4v) is 7.82. The van der Waals surface area contributed by atoms with E-state index in [1.807, 2.05) is 0 Å². The zero-order valence-corrected chi connectivity index (χ0v) is 28.9. The summed E-state index contributed by atoms with van der Waals surface area (Å²) in [4.78, 5) is 79.6. The van der Waals surface area contributed by atoms with Crippen LogP contribution in [0.15, 0.2) is 35.1 Å². The number of anilines is 1. The van der Waals surface area contributed by atoms with E-state index in [0.717, 1.165) is 4.90 Å².